The fourth-order valence-corrected chi connectivity index (χ4v) is 2.76. The summed E-state index contributed by atoms with van der Waals surface area (Å²) in [6.45, 7) is 0. The first-order chi connectivity index (χ1) is 9.34. The van der Waals surface area contributed by atoms with Crippen molar-refractivity contribution in [2.75, 3.05) is 7.11 Å². The fourth-order valence-electron chi connectivity index (χ4n) is 2.55. The van der Waals surface area contributed by atoms with E-state index in [0.29, 0.717) is 0 Å². The van der Waals surface area contributed by atoms with Crippen LogP contribution in [-0.4, -0.2) is 30.2 Å². The first-order valence-electron chi connectivity index (χ1n) is 6.03. The van der Waals surface area contributed by atoms with E-state index >= 15 is 0 Å². The maximum Gasteiger partial charge on any atom is 0.325 e. The summed E-state index contributed by atoms with van der Waals surface area (Å²) in [5.41, 5.74) is 0. The zero-order valence-electron chi connectivity index (χ0n) is 10.6. The number of carbonyl (C=O) groups is 2. The van der Waals surface area contributed by atoms with E-state index in [4.69, 9.17) is 20.8 Å². The third-order valence-electron chi connectivity index (χ3n) is 3.50. The molecular formula is C13H13ClF2O4. The van der Waals surface area contributed by atoms with Gasteiger partial charge in [0.2, 0.25) is 5.78 Å². The van der Waals surface area contributed by atoms with E-state index in [1.54, 1.807) is 0 Å². The smallest absolute Gasteiger partial charge is 0.325 e. The molecule has 1 heterocycles. The molecule has 20 heavy (non-hydrogen) atoms. The van der Waals surface area contributed by atoms with Gasteiger partial charge in [0.05, 0.1) is 24.2 Å². The molecule has 1 aliphatic carbocycles. The third kappa shape index (κ3) is 2.91. The molecule has 1 aromatic heterocycles. The highest BCUT2D eigenvalue weighted by atomic mass is 35.5. The summed E-state index contributed by atoms with van der Waals surface area (Å²) in [4.78, 5) is 23.9. The van der Waals surface area contributed by atoms with E-state index in [9.17, 15) is 18.4 Å². The van der Waals surface area contributed by atoms with E-state index < -0.39 is 41.3 Å². The van der Waals surface area contributed by atoms with E-state index in [1.807, 2.05) is 0 Å². The normalized spacial score (nSPS) is 27.6. The Morgan fingerprint density at radius 1 is 1.50 bits per heavy atom. The van der Waals surface area contributed by atoms with Crippen molar-refractivity contribution in [3.63, 3.8) is 0 Å². The number of carbonyl (C=O) groups excluding carboxylic acids is 2. The molecule has 0 N–H and O–H groups in total. The number of Topliss-reactive ketones (excluding diaryl/α,β-unsaturated/α-hetero) is 2. The summed E-state index contributed by atoms with van der Waals surface area (Å²) >= 11 is 5.08. The number of ether oxygens (including phenoxy) is 1. The minimum Gasteiger partial charge on any atom is -0.461 e. The van der Waals surface area contributed by atoms with Crippen LogP contribution in [0.3, 0.4) is 0 Å². The van der Waals surface area contributed by atoms with Gasteiger partial charge in [-0.25, -0.2) is 0 Å². The highest BCUT2D eigenvalue weighted by Crippen LogP contribution is 2.44. The molecule has 0 bridgehead atoms. The molecule has 1 aromatic rings. The summed E-state index contributed by atoms with van der Waals surface area (Å²) in [5.74, 6) is -3.88. The Morgan fingerprint density at radius 2 is 2.20 bits per heavy atom. The molecule has 1 saturated carbocycles. The van der Waals surface area contributed by atoms with E-state index in [1.165, 1.54) is 25.5 Å². The maximum absolute atomic E-state index is 13.5. The fraction of sp³-hybridized carbons (Fsp3) is 0.538. The average molecular weight is 307 g/mol. The van der Waals surface area contributed by atoms with Gasteiger partial charge >= 0.3 is 5.38 Å². The number of hydrogen-bond donors (Lipinski definition) is 0. The van der Waals surface area contributed by atoms with Gasteiger partial charge in [0.1, 0.15) is 5.78 Å². The Balaban J connectivity index is 2.37. The lowest BCUT2D eigenvalue weighted by Crippen LogP contribution is -2.47. The zero-order chi connectivity index (χ0) is 14.9. The van der Waals surface area contributed by atoms with Crippen molar-refractivity contribution in [2.24, 2.45) is 11.8 Å². The molecule has 0 radical (unpaired) electrons. The van der Waals surface area contributed by atoms with Crippen LogP contribution in [-0.2, 0) is 9.53 Å². The lowest BCUT2D eigenvalue weighted by atomic mass is 9.73. The van der Waals surface area contributed by atoms with Gasteiger partial charge in [0.25, 0.3) is 0 Å². The Kier molecular flexibility index (Phi) is 4.25. The van der Waals surface area contributed by atoms with Crippen molar-refractivity contribution in [3.8, 4) is 0 Å². The van der Waals surface area contributed by atoms with Crippen LogP contribution in [0.15, 0.2) is 22.8 Å². The largest absolute Gasteiger partial charge is 0.461 e. The monoisotopic (exact) mass is 306 g/mol. The number of rotatable bonds is 4. The molecule has 1 aliphatic rings. The first kappa shape index (κ1) is 15.1. The van der Waals surface area contributed by atoms with Crippen LogP contribution in [0, 0.1) is 11.8 Å². The quantitative estimate of drug-likeness (QED) is 0.634. The van der Waals surface area contributed by atoms with Crippen molar-refractivity contribution in [1.82, 2.24) is 0 Å². The van der Waals surface area contributed by atoms with Gasteiger partial charge in [0, 0.05) is 20.0 Å². The molecule has 2 rings (SSSR count). The molecule has 7 heteroatoms. The number of alkyl halides is 3. The number of ketones is 2. The van der Waals surface area contributed by atoms with Gasteiger partial charge in [-0.1, -0.05) is 0 Å². The second kappa shape index (κ2) is 5.61. The Hall–Kier alpha value is -1.27. The molecule has 1 unspecified atom stereocenters. The molecule has 0 saturated heterocycles. The van der Waals surface area contributed by atoms with E-state index in [2.05, 4.69) is 0 Å². The minimum absolute atomic E-state index is 0.0442. The van der Waals surface area contributed by atoms with Gasteiger partial charge in [-0.2, -0.15) is 8.78 Å². The summed E-state index contributed by atoms with van der Waals surface area (Å²) in [6, 6.07) is 2.87. The van der Waals surface area contributed by atoms with Gasteiger partial charge in [0.15, 0.2) is 5.76 Å². The number of methoxy groups -OCH3 is 1. The Morgan fingerprint density at radius 3 is 2.70 bits per heavy atom. The summed E-state index contributed by atoms with van der Waals surface area (Å²) in [6.07, 6.45) is -0.190. The SMILES string of the molecule is COC1CC(=O)C[C@H](C(F)(F)Cl)[C@H]1C(=O)c1ccco1. The predicted molar refractivity (Wildman–Crippen MR) is 65.9 cm³/mol. The second-order valence-electron chi connectivity index (χ2n) is 4.74. The number of furan rings is 1. The Bertz CT molecular complexity index is 495. The molecule has 0 amide bonds. The first-order valence-corrected chi connectivity index (χ1v) is 6.41. The third-order valence-corrected chi connectivity index (χ3v) is 3.78. The molecule has 1 fully saturated rings. The zero-order valence-corrected chi connectivity index (χ0v) is 11.4. The molecule has 3 atom stereocenters. The van der Waals surface area contributed by atoms with Crippen LogP contribution in [0.5, 0.6) is 0 Å². The second-order valence-corrected chi connectivity index (χ2v) is 5.24. The molecule has 0 aromatic carbocycles. The standard InChI is InChI=1S/C13H13ClF2O4/c1-19-10-6-7(17)5-8(13(14,15)16)11(10)12(18)9-3-2-4-20-9/h2-4,8,10-11H,5-6H2,1H3/t8-,10?,11+/m0/s1. The van der Waals surface area contributed by atoms with Crippen LogP contribution < -0.4 is 0 Å². The van der Waals surface area contributed by atoms with E-state index in [-0.39, 0.29) is 12.2 Å². The highest BCUT2D eigenvalue weighted by molar-refractivity contribution is 6.22. The molecule has 110 valence electrons. The molecule has 4 nitrogen and oxygen atoms in total. The number of halogens is 3. The molecule has 0 spiro atoms. The molecular weight excluding hydrogens is 294 g/mol. The van der Waals surface area contributed by atoms with Crippen molar-refractivity contribution >= 4 is 23.2 Å². The topological polar surface area (TPSA) is 56.5 Å². The van der Waals surface area contributed by atoms with Crippen molar-refractivity contribution < 1.29 is 27.5 Å². The van der Waals surface area contributed by atoms with Gasteiger partial charge in [-0.3, -0.25) is 9.59 Å². The van der Waals surface area contributed by atoms with Crippen LogP contribution >= 0.6 is 11.6 Å². The van der Waals surface area contributed by atoms with Crippen molar-refractivity contribution in [3.05, 3.63) is 24.2 Å². The average Bonchev–Trinajstić information content (AvgIpc) is 2.89. The highest BCUT2D eigenvalue weighted by Gasteiger charge is 2.53. The summed E-state index contributed by atoms with van der Waals surface area (Å²) < 4.78 is 37.0. The lowest BCUT2D eigenvalue weighted by molar-refractivity contribution is -0.134. The van der Waals surface area contributed by atoms with Gasteiger partial charge in [-0.05, 0) is 23.7 Å². The van der Waals surface area contributed by atoms with Crippen molar-refractivity contribution in [1.29, 1.82) is 0 Å². The van der Waals surface area contributed by atoms with Crippen LogP contribution in [0.25, 0.3) is 0 Å². The van der Waals surface area contributed by atoms with Crippen LogP contribution in [0.2, 0.25) is 0 Å². The predicted octanol–water partition coefficient (Wildman–Crippen LogP) is 2.90. The summed E-state index contributed by atoms with van der Waals surface area (Å²) in [7, 11) is 1.27. The number of hydrogen-bond acceptors (Lipinski definition) is 4. The van der Waals surface area contributed by atoms with Crippen molar-refractivity contribution in [2.45, 2.75) is 24.3 Å². The van der Waals surface area contributed by atoms with Gasteiger partial charge in [-0.15, -0.1) is 0 Å². The maximum atomic E-state index is 13.5. The minimum atomic E-state index is -3.67. The van der Waals surface area contributed by atoms with Gasteiger partial charge < -0.3 is 9.15 Å². The van der Waals surface area contributed by atoms with Crippen LogP contribution in [0.1, 0.15) is 23.4 Å². The lowest BCUT2D eigenvalue weighted by Gasteiger charge is -2.36. The Labute approximate surface area is 119 Å². The summed E-state index contributed by atoms with van der Waals surface area (Å²) in [5, 5.41) is -3.67. The van der Waals surface area contributed by atoms with Crippen LogP contribution in [0.4, 0.5) is 8.78 Å². The molecule has 0 aliphatic heterocycles. The van der Waals surface area contributed by atoms with E-state index in [0.717, 1.165) is 0 Å².